The third kappa shape index (κ3) is 6.73. The quantitative estimate of drug-likeness (QED) is 0.295. The lowest BCUT2D eigenvalue weighted by molar-refractivity contribution is -0.127. The van der Waals surface area contributed by atoms with Crippen molar-refractivity contribution in [3.05, 3.63) is 65.5 Å². The van der Waals surface area contributed by atoms with Crippen LogP contribution in [-0.2, 0) is 11.3 Å². The first kappa shape index (κ1) is 27.8. The maximum atomic E-state index is 13.9. The lowest BCUT2D eigenvalue weighted by Gasteiger charge is -2.24. The topological polar surface area (TPSA) is 72.8 Å². The molecule has 0 spiro atoms. The average Bonchev–Trinajstić information content (AvgIpc) is 3.29. The second-order valence-electron chi connectivity index (χ2n) is 8.97. The van der Waals surface area contributed by atoms with E-state index >= 15 is 0 Å². The van der Waals surface area contributed by atoms with Crippen LogP contribution >= 0.6 is 0 Å². The zero-order valence-electron chi connectivity index (χ0n) is 22.7. The maximum absolute atomic E-state index is 13.9. The van der Waals surface area contributed by atoms with Crippen molar-refractivity contribution in [3.8, 4) is 11.5 Å². The molecule has 0 fully saturated rings. The average molecular weight is 506 g/mol. The van der Waals surface area contributed by atoms with Crippen LogP contribution in [0.3, 0.4) is 0 Å². The van der Waals surface area contributed by atoms with Crippen LogP contribution in [0.1, 0.15) is 62.4 Å². The van der Waals surface area contributed by atoms with Crippen LogP contribution in [0.4, 0.5) is 0 Å². The molecule has 37 heavy (non-hydrogen) atoms. The number of carbonyl (C=O) groups excluding carboxylic acids is 2. The number of rotatable bonds is 13. The molecule has 0 aliphatic rings. The van der Waals surface area contributed by atoms with E-state index < -0.39 is 0 Å². The van der Waals surface area contributed by atoms with Gasteiger partial charge in [-0.1, -0.05) is 44.9 Å². The first-order valence-corrected chi connectivity index (χ1v) is 13.1. The number of hydrogen-bond acceptors (Lipinski definition) is 4. The summed E-state index contributed by atoms with van der Waals surface area (Å²) in [7, 11) is 3.07. The molecule has 2 amide bonds. The second kappa shape index (κ2) is 13.5. The van der Waals surface area contributed by atoms with Gasteiger partial charge in [0.1, 0.15) is 5.70 Å². The molecule has 0 atom stereocenters. The highest BCUT2D eigenvalue weighted by Crippen LogP contribution is 2.28. The van der Waals surface area contributed by atoms with Crippen LogP contribution < -0.4 is 14.8 Å². The fourth-order valence-electron chi connectivity index (χ4n) is 4.31. The minimum Gasteiger partial charge on any atom is -0.493 e. The Kier molecular flexibility index (Phi) is 10.2. The number of hydrogen-bond donors (Lipinski definition) is 1. The van der Waals surface area contributed by atoms with E-state index in [1.54, 1.807) is 31.4 Å². The molecule has 0 saturated carbocycles. The minimum atomic E-state index is -0.384. The number of para-hydroxylation sites is 1. The number of fused-ring (bicyclic) bond motifs is 1. The number of unbranched alkanes of at least 4 members (excludes halogenated alkanes) is 2. The van der Waals surface area contributed by atoms with Crippen LogP contribution in [0.25, 0.3) is 17.0 Å². The van der Waals surface area contributed by atoms with Gasteiger partial charge in [-0.2, -0.15) is 0 Å². The highest BCUT2D eigenvalue weighted by atomic mass is 16.5. The van der Waals surface area contributed by atoms with E-state index in [-0.39, 0.29) is 17.5 Å². The molecule has 1 aromatic heterocycles. The Hall–Kier alpha value is -3.74. The molecule has 198 valence electrons. The summed E-state index contributed by atoms with van der Waals surface area (Å²) in [5.74, 6) is 0.420. The smallest absolute Gasteiger partial charge is 0.270 e. The molecule has 1 N–H and O–H groups in total. The van der Waals surface area contributed by atoms with Gasteiger partial charge in [0.15, 0.2) is 11.5 Å². The van der Waals surface area contributed by atoms with E-state index in [0.29, 0.717) is 30.2 Å². The van der Waals surface area contributed by atoms with Gasteiger partial charge in [-0.3, -0.25) is 9.59 Å². The highest BCUT2D eigenvalue weighted by Gasteiger charge is 2.22. The van der Waals surface area contributed by atoms with E-state index in [1.165, 1.54) is 7.11 Å². The first-order valence-electron chi connectivity index (χ1n) is 13.1. The fraction of sp³-hybridized carbons (Fsp3) is 0.400. The highest BCUT2D eigenvalue weighted by molar-refractivity contribution is 6.06. The number of ether oxygens (including phenoxy) is 2. The molecule has 2 aromatic carbocycles. The number of benzene rings is 2. The van der Waals surface area contributed by atoms with Crippen molar-refractivity contribution in [3.63, 3.8) is 0 Å². The third-order valence-corrected chi connectivity index (χ3v) is 6.43. The third-order valence-electron chi connectivity index (χ3n) is 6.43. The molecule has 3 aromatic rings. The molecule has 0 bridgehead atoms. The summed E-state index contributed by atoms with van der Waals surface area (Å²) >= 11 is 0. The summed E-state index contributed by atoms with van der Waals surface area (Å²) in [4.78, 5) is 29.1. The Morgan fingerprint density at radius 3 is 2.24 bits per heavy atom. The Balaban J connectivity index is 2.05. The Morgan fingerprint density at radius 2 is 1.62 bits per heavy atom. The molecule has 0 saturated heterocycles. The van der Waals surface area contributed by atoms with Gasteiger partial charge in [0.05, 0.1) is 14.2 Å². The summed E-state index contributed by atoms with van der Waals surface area (Å²) in [5.41, 5.74) is 2.61. The molecule has 0 aliphatic carbocycles. The monoisotopic (exact) mass is 505 g/mol. The normalized spacial score (nSPS) is 11.4. The van der Waals surface area contributed by atoms with E-state index in [0.717, 1.165) is 48.7 Å². The van der Waals surface area contributed by atoms with E-state index in [9.17, 15) is 9.59 Å². The van der Waals surface area contributed by atoms with Gasteiger partial charge in [-0.25, -0.2) is 0 Å². The van der Waals surface area contributed by atoms with Gasteiger partial charge >= 0.3 is 0 Å². The molecule has 7 heteroatoms. The number of carbonyl (C=O) groups is 2. The SMILES string of the molecule is CCCCN(CCCC)C(=O)C(=Cc1cn(CC)c2ccccc12)NC(=O)c1ccc(OC)c(OC)c1. The van der Waals surface area contributed by atoms with Crippen molar-refractivity contribution in [1.29, 1.82) is 0 Å². The lowest BCUT2D eigenvalue weighted by Crippen LogP contribution is -2.39. The predicted octanol–water partition coefficient (Wildman–Crippen LogP) is 5.88. The van der Waals surface area contributed by atoms with Crippen LogP contribution in [0.2, 0.25) is 0 Å². The molecular weight excluding hydrogens is 466 g/mol. The number of aromatic nitrogens is 1. The van der Waals surface area contributed by atoms with Crippen LogP contribution in [0, 0.1) is 0 Å². The molecule has 3 rings (SSSR count). The van der Waals surface area contributed by atoms with Gasteiger partial charge in [0.25, 0.3) is 11.8 Å². The van der Waals surface area contributed by atoms with Gasteiger partial charge < -0.3 is 24.3 Å². The summed E-state index contributed by atoms with van der Waals surface area (Å²) < 4.78 is 12.8. The van der Waals surface area contributed by atoms with E-state index in [2.05, 4.69) is 36.7 Å². The maximum Gasteiger partial charge on any atom is 0.270 e. The van der Waals surface area contributed by atoms with Crippen molar-refractivity contribution < 1.29 is 19.1 Å². The number of aryl methyl sites for hydroxylation is 1. The lowest BCUT2D eigenvalue weighted by atomic mass is 10.1. The molecule has 0 aliphatic heterocycles. The van der Waals surface area contributed by atoms with Crippen molar-refractivity contribution in [2.45, 2.75) is 53.0 Å². The molecular formula is C30H39N3O4. The standard InChI is InChI=1S/C30H39N3O4/c1-6-9-17-33(18-10-7-2)30(35)25(19-23-21-32(8-3)26-14-12-11-13-24(23)26)31-29(34)22-15-16-27(36-4)28(20-22)37-5/h11-16,19-21H,6-10,17-18H2,1-5H3,(H,31,34). The molecule has 0 unspecified atom stereocenters. The van der Waals surface area contributed by atoms with Crippen LogP contribution in [0.5, 0.6) is 11.5 Å². The summed E-state index contributed by atoms with van der Waals surface area (Å²) in [5, 5.41) is 3.95. The molecule has 0 radical (unpaired) electrons. The number of nitrogens with one attached hydrogen (secondary N) is 1. The van der Waals surface area contributed by atoms with Crippen molar-refractivity contribution in [2.24, 2.45) is 0 Å². The van der Waals surface area contributed by atoms with E-state index in [1.807, 2.05) is 29.3 Å². The van der Waals surface area contributed by atoms with Crippen molar-refractivity contribution in [1.82, 2.24) is 14.8 Å². The van der Waals surface area contributed by atoms with E-state index in [4.69, 9.17) is 9.47 Å². The van der Waals surface area contributed by atoms with Gasteiger partial charge in [0, 0.05) is 47.9 Å². The number of methoxy groups -OCH3 is 2. The number of nitrogens with zero attached hydrogens (tertiary/aromatic N) is 2. The van der Waals surface area contributed by atoms with Crippen LogP contribution in [-0.4, -0.2) is 48.6 Å². The predicted molar refractivity (Wildman–Crippen MR) is 149 cm³/mol. The zero-order valence-corrected chi connectivity index (χ0v) is 22.7. The second-order valence-corrected chi connectivity index (χ2v) is 8.97. The fourth-order valence-corrected chi connectivity index (χ4v) is 4.31. The van der Waals surface area contributed by atoms with Crippen molar-refractivity contribution >= 4 is 28.8 Å². The minimum absolute atomic E-state index is 0.177. The molecule has 1 heterocycles. The van der Waals surface area contributed by atoms with Crippen molar-refractivity contribution in [2.75, 3.05) is 27.3 Å². The Morgan fingerprint density at radius 1 is 0.946 bits per heavy atom. The molecule has 7 nitrogen and oxygen atoms in total. The zero-order chi connectivity index (χ0) is 26.8. The first-order chi connectivity index (χ1) is 18.0. The van der Waals surface area contributed by atoms with Gasteiger partial charge in [-0.15, -0.1) is 0 Å². The summed E-state index contributed by atoms with van der Waals surface area (Å²) in [6.45, 7) is 8.40. The van der Waals surface area contributed by atoms with Crippen LogP contribution in [0.15, 0.2) is 54.4 Å². The van der Waals surface area contributed by atoms with Gasteiger partial charge in [0.2, 0.25) is 0 Å². The Bertz CT molecular complexity index is 1240. The number of amides is 2. The largest absolute Gasteiger partial charge is 0.493 e. The summed E-state index contributed by atoms with van der Waals surface area (Å²) in [6.07, 6.45) is 7.61. The summed E-state index contributed by atoms with van der Waals surface area (Å²) in [6, 6.07) is 13.1. The Labute approximate surface area is 220 Å². The van der Waals surface area contributed by atoms with Gasteiger partial charge in [-0.05, 0) is 50.1 Å².